The molecule has 17 heavy (non-hydrogen) atoms. The van der Waals surface area contributed by atoms with Crippen molar-refractivity contribution in [2.24, 2.45) is 0 Å². The van der Waals surface area contributed by atoms with Gasteiger partial charge in [0.05, 0.1) is 3.74 Å². The van der Waals surface area contributed by atoms with E-state index in [1.807, 2.05) is 18.2 Å². The molecule has 0 atom stereocenters. The summed E-state index contributed by atoms with van der Waals surface area (Å²) in [7, 11) is 0. The van der Waals surface area contributed by atoms with Gasteiger partial charge in [0, 0.05) is 20.2 Å². The Bertz CT molecular complexity index is 703. The van der Waals surface area contributed by atoms with Crippen LogP contribution < -0.4 is 0 Å². The summed E-state index contributed by atoms with van der Waals surface area (Å²) in [4.78, 5) is 0. The third-order valence-electron chi connectivity index (χ3n) is 2.72. The lowest BCUT2D eigenvalue weighted by Gasteiger charge is -2.02. The van der Waals surface area contributed by atoms with E-state index >= 15 is 0 Å². The molecule has 3 aromatic rings. The average Bonchev–Trinajstić information content (AvgIpc) is 2.66. The molecule has 0 aliphatic carbocycles. The second kappa shape index (κ2) is 4.34. The van der Waals surface area contributed by atoms with Crippen molar-refractivity contribution in [1.82, 2.24) is 0 Å². The fourth-order valence-corrected chi connectivity index (χ4v) is 4.26. The molecule has 0 spiro atoms. The first-order valence-corrected chi connectivity index (χ1v) is 7.70. The van der Waals surface area contributed by atoms with E-state index < -0.39 is 0 Å². The van der Waals surface area contributed by atoms with E-state index in [1.54, 1.807) is 17.4 Å². The molecule has 0 N–H and O–H groups in total. The highest BCUT2D eigenvalue weighted by Crippen LogP contribution is 2.41. The number of alkyl halides is 2. The van der Waals surface area contributed by atoms with E-state index in [9.17, 15) is 4.39 Å². The van der Waals surface area contributed by atoms with Crippen LogP contribution in [0.25, 0.3) is 20.2 Å². The minimum absolute atomic E-state index is 0.122. The van der Waals surface area contributed by atoms with Crippen molar-refractivity contribution in [3.63, 3.8) is 0 Å². The Morgan fingerprint density at radius 1 is 1.06 bits per heavy atom. The van der Waals surface area contributed by atoms with Gasteiger partial charge in [-0.3, -0.25) is 0 Å². The van der Waals surface area contributed by atoms with E-state index in [-0.39, 0.29) is 9.55 Å². The monoisotopic (exact) mass is 372 g/mol. The molecule has 0 aliphatic heterocycles. The fourth-order valence-electron chi connectivity index (χ4n) is 1.96. The van der Waals surface area contributed by atoms with Gasteiger partial charge in [-0.25, -0.2) is 4.39 Å². The Kier molecular flexibility index (Phi) is 2.97. The van der Waals surface area contributed by atoms with Crippen molar-refractivity contribution in [3.8, 4) is 0 Å². The van der Waals surface area contributed by atoms with Gasteiger partial charge in [-0.15, -0.1) is 11.3 Å². The van der Waals surface area contributed by atoms with E-state index in [1.165, 1.54) is 16.3 Å². The molecule has 3 rings (SSSR count). The van der Waals surface area contributed by atoms with Gasteiger partial charge < -0.3 is 0 Å². The minimum Gasteiger partial charge on any atom is -0.207 e. The Labute approximate surface area is 119 Å². The predicted octanol–water partition coefficient (Wildman–Crippen LogP) is 5.98. The van der Waals surface area contributed by atoms with Gasteiger partial charge in [-0.05, 0) is 23.8 Å². The third-order valence-corrected chi connectivity index (χ3v) is 4.95. The average molecular weight is 374 g/mol. The molecule has 0 nitrogen and oxygen atoms in total. The van der Waals surface area contributed by atoms with Gasteiger partial charge >= 0.3 is 0 Å². The molecular formula is C13H7Br2FS. The van der Waals surface area contributed by atoms with E-state index in [4.69, 9.17) is 0 Å². The molecule has 0 bridgehead atoms. The van der Waals surface area contributed by atoms with Crippen LogP contribution in [0.3, 0.4) is 0 Å². The first-order valence-electron chi connectivity index (χ1n) is 5.05. The lowest BCUT2D eigenvalue weighted by atomic mass is 10.1. The molecule has 0 aliphatic rings. The summed E-state index contributed by atoms with van der Waals surface area (Å²) < 4.78 is 15.7. The first-order chi connectivity index (χ1) is 8.16. The summed E-state index contributed by atoms with van der Waals surface area (Å²) in [6.45, 7) is 0. The van der Waals surface area contributed by atoms with Crippen LogP contribution in [0.2, 0.25) is 0 Å². The number of rotatable bonds is 1. The normalized spacial score (nSPS) is 11.8. The molecule has 0 saturated heterocycles. The maximum Gasteiger partial charge on any atom is 0.123 e. The van der Waals surface area contributed by atoms with Crippen LogP contribution >= 0.6 is 43.2 Å². The number of hydrogen-bond donors (Lipinski definition) is 0. The molecule has 1 heterocycles. The number of fused-ring (bicyclic) bond motifs is 3. The van der Waals surface area contributed by atoms with Gasteiger partial charge in [0.2, 0.25) is 0 Å². The summed E-state index contributed by atoms with van der Waals surface area (Å²) in [5.74, 6) is -0.183. The highest BCUT2D eigenvalue weighted by Gasteiger charge is 2.12. The van der Waals surface area contributed by atoms with Gasteiger partial charge in [0.15, 0.2) is 0 Å². The van der Waals surface area contributed by atoms with Crippen molar-refractivity contribution in [1.29, 1.82) is 0 Å². The number of thiophene rings is 1. The van der Waals surface area contributed by atoms with Gasteiger partial charge in [0.25, 0.3) is 0 Å². The zero-order valence-electron chi connectivity index (χ0n) is 8.58. The SMILES string of the molecule is Fc1ccc2sc3c(C(Br)Br)cccc3c2c1. The molecule has 0 radical (unpaired) electrons. The Balaban J connectivity index is 2.47. The van der Waals surface area contributed by atoms with Crippen molar-refractivity contribution in [2.75, 3.05) is 0 Å². The maximum absolute atomic E-state index is 13.3. The summed E-state index contributed by atoms with van der Waals surface area (Å²) in [5.41, 5.74) is 1.18. The van der Waals surface area contributed by atoms with Crippen molar-refractivity contribution < 1.29 is 4.39 Å². The summed E-state index contributed by atoms with van der Waals surface area (Å²) in [6.07, 6.45) is 0. The van der Waals surface area contributed by atoms with E-state index in [2.05, 4.69) is 37.9 Å². The summed E-state index contributed by atoms with van der Waals surface area (Å²) >= 11 is 8.75. The van der Waals surface area contributed by atoms with Crippen LogP contribution in [0.1, 0.15) is 9.30 Å². The van der Waals surface area contributed by atoms with Gasteiger partial charge in [-0.2, -0.15) is 0 Å². The van der Waals surface area contributed by atoms with Crippen molar-refractivity contribution in [2.45, 2.75) is 3.74 Å². The molecule has 2 aromatic carbocycles. The molecule has 0 fully saturated rings. The zero-order chi connectivity index (χ0) is 12.0. The molecule has 0 amide bonds. The lowest BCUT2D eigenvalue weighted by molar-refractivity contribution is 0.630. The fraction of sp³-hybridized carbons (Fsp3) is 0.0769. The minimum atomic E-state index is -0.183. The van der Waals surface area contributed by atoms with Crippen molar-refractivity contribution in [3.05, 3.63) is 47.8 Å². The first kappa shape index (κ1) is 11.6. The maximum atomic E-state index is 13.3. The zero-order valence-corrected chi connectivity index (χ0v) is 12.6. The number of hydrogen-bond acceptors (Lipinski definition) is 1. The molecule has 0 saturated carbocycles. The second-order valence-electron chi connectivity index (χ2n) is 3.77. The van der Waals surface area contributed by atoms with Crippen LogP contribution in [0.15, 0.2) is 36.4 Å². The van der Waals surface area contributed by atoms with Crippen molar-refractivity contribution >= 4 is 63.4 Å². The van der Waals surface area contributed by atoms with E-state index in [0.717, 1.165) is 15.5 Å². The largest absolute Gasteiger partial charge is 0.207 e. The van der Waals surface area contributed by atoms with Crippen LogP contribution in [0, 0.1) is 5.82 Å². The second-order valence-corrected chi connectivity index (χ2v) is 7.88. The van der Waals surface area contributed by atoms with Crippen LogP contribution in [0.4, 0.5) is 4.39 Å². The smallest absolute Gasteiger partial charge is 0.123 e. The Morgan fingerprint density at radius 3 is 2.65 bits per heavy atom. The Morgan fingerprint density at radius 2 is 1.88 bits per heavy atom. The van der Waals surface area contributed by atoms with Crippen LogP contribution in [-0.4, -0.2) is 0 Å². The quantitative estimate of drug-likeness (QED) is 0.460. The summed E-state index contributed by atoms with van der Waals surface area (Å²) in [6, 6.07) is 11.1. The highest BCUT2D eigenvalue weighted by molar-refractivity contribution is 9.24. The van der Waals surface area contributed by atoms with Gasteiger partial charge in [0.1, 0.15) is 5.82 Å². The third kappa shape index (κ3) is 1.92. The highest BCUT2D eigenvalue weighted by atomic mass is 79.9. The topological polar surface area (TPSA) is 0 Å². The molecule has 0 unspecified atom stereocenters. The lowest BCUT2D eigenvalue weighted by Crippen LogP contribution is -1.79. The Hall–Kier alpha value is -0.450. The van der Waals surface area contributed by atoms with Crippen LogP contribution in [-0.2, 0) is 0 Å². The molecule has 86 valence electrons. The number of benzene rings is 2. The van der Waals surface area contributed by atoms with E-state index in [0.29, 0.717) is 0 Å². The predicted molar refractivity (Wildman–Crippen MR) is 79.9 cm³/mol. The number of halogens is 3. The molecule has 4 heteroatoms. The van der Waals surface area contributed by atoms with Crippen LogP contribution in [0.5, 0.6) is 0 Å². The molecular weight excluding hydrogens is 367 g/mol. The summed E-state index contributed by atoms with van der Waals surface area (Å²) in [5, 5.41) is 2.11. The standard InChI is InChI=1S/C13H7Br2FS/c14-13(15)9-3-1-2-8-10-6-7(16)4-5-11(10)17-12(8)9/h1-6,13H. The molecule has 1 aromatic heterocycles. The van der Waals surface area contributed by atoms with Gasteiger partial charge in [-0.1, -0.05) is 50.1 Å².